The average Bonchev–Trinajstić information content (AvgIpc) is 2.74. The zero-order valence-electron chi connectivity index (χ0n) is 12.5. The first-order valence-corrected chi connectivity index (χ1v) is 8.78. The molecule has 4 heteroatoms. The molecule has 0 aliphatic heterocycles. The van der Waals surface area contributed by atoms with Gasteiger partial charge in [0.05, 0.1) is 15.9 Å². The second-order valence-electron chi connectivity index (χ2n) is 4.93. The molecule has 0 unspecified atom stereocenters. The van der Waals surface area contributed by atoms with Crippen LogP contribution in [0.15, 0.2) is 27.6 Å². The van der Waals surface area contributed by atoms with E-state index >= 15 is 0 Å². The lowest BCUT2D eigenvalue weighted by Gasteiger charge is -2.08. The fraction of sp³-hybridized carbons (Fsp3) is 0.438. The molecule has 1 aromatic carbocycles. The molecule has 0 saturated carbocycles. The van der Waals surface area contributed by atoms with Crippen molar-refractivity contribution < 1.29 is 0 Å². The zero-order valence-corrected chi connectivity index (χ0v) is 14.9. The van der Waals surface area contributed by atoms with Crippen LogP contribution in [0.2, 0.25) is 0 Å². The van der Waals surface area contributed by atoms with Crippen molar-refractivity contribution in [2.45, 2.75) is 51.3 Å². The summed E-state index contributed by atoms with van der Waals surface area (Å²) in [4.78, 5) is 1.35. The minimum atomic E-state index is 0.918. The topological polar surface area (TPSA) is 17.8 Å². The zero-order chi connectivity index (χ0) is 14.7. The second-order valence-corrected chi connectivity index (χ2v) is 6.74. The largest absolute Gasteiger partial charge is 0.268 e. The molecule has 0 spiro atoms. The summed E-state index contributed by atoms with van der Waals surface area (Å²) >= 11 is 5.60. The number of nitrogens with zero attached hydrogens (tertiary/aromatic N) is 2. The van der Waals surface area contributed by atoms with Gasteiger partial charge in [-0.1, -0.05) is 24.6 Å². The van der Waals surface area contributed by atoms with Gasteiger partial charge in [-0.2, -0.15) is 5.10 Å². The number of benzene rings is 1. The molecule has 20 heavy (non-hydrogen) atoms. The normalized spacial score (nSPS) is 11.1. The van der Waals surface area contributed by atoms with Crippen LogP contribution in [-0.2, 0) is 18.7 Å². The summed E-state index contributed by atoms with van der Waals surface area (Å²) in [6, 6.07) is 6.64. The van der Waals surface area contributed by atoms with Crippen LogP contribution < -0.4 is 0 Å². The number of aryl methyl sites for hydroxylation is 4. The van der Waals surface area contributed by atoms with Gasteiger partial charge in [-0.05, 0) is 54.8 Å². The molecule has 0 aliphatic rings. The Morgan fingerprint density at radius 2 is 2.00 bits per heavy atom. The lowest BCUT2D eigenvalue weighted by Crippen LogP contribution is -2.02. The maximum Gasteiger partial charge on any atom is 0.0767 e. The Morgan fingerprint density at radius 1 is 1.25 bits per heavy atom. The monoisotopic (exact) mass is 352 g/mol. The van der Waals surface area contributed by atoms with E-state index in [0.717, 1.165) is 24.4 Å². The molecule has 0 saturated heterocycles. The molecular formula is C16H21BrN2S. The van der Waals surface area contributed by atoms with Crippen molar-refractivity contribution >= 4 is 27.7 Å². The number of hydrogen-bond donors (Lipinski definition) is 0. The highest BCUT2D eigenvalue weighted by atomic mass is 79.9. The van der Waals surface area contributed by atoms with Crippen LogP contribution in [-0.4, -0.2) is 9.78 Å². The van der Waals surface area contributed by atoms with Crippen molar-refractivity contribution in [3.05, 3.63) is 45.2 Å². The molecule has 0 bridgehead atoms. The third-order valence-electron chi connectivity index (χ3n) is 3.39. The van der Waals surface area contributed by atoms with E-state index in [1.54, 1.807) is 0 Å². The number of halogens is 1. The lowest BCUT2D eigenvalue weighted by molar-refractivity contribution is 0.627. The molecule has 0 radical (unpaired) electrons. The number of thioether (sulfide) groups is 1. The maximum atomic E-state index is 4.65. The van der Waals surface area contributed by atoms with Crippen molar-refractivity contribution in [1.29, 1.82) is 0 Å². The van der Waals surface area contributed by atoms with Crippen LogP contribution in [0.5, 0.6) is 0 Å². The third kappa shape index (κ3) is 3.29. The molecule has 0 N–H and O–H groups in total. The van der Waals surface area contributed by atoms with Gasteiger partial charge in [0.15, 0.2) is 0 Å². The van der Waals surface area contributed by atoms with Crippen molar-refractivity contribution in [2.75, 3.05) is 0 Å². The first kappa shape index (κ1) is 15.6. The SMILES string of the molecule is CCc1nn(CC)c(CSc2ccc(C)cc2C)c1Br. The Labute approximate surface area is 134 Å². The predicted molar refractivity (Wildman–Crippen MR) is 90.5 cm³/mol. The molecule has 2 rings (SSSR count). The number of rotatable bonds is 5. The molecule has 1 aromatic heterocycles. The fourth-order valence-corrected chi connectivity index (χ4v) is 4.19. The van der Waals surface area contributed by atoms with E-state index in [0.29, 0.717) is 0 Å². The second kappa shape index (κ2) is 6.81. The van der Waals surface area contributed by atoms with Crippen LogP contribution in [0.25, 0.3) is 0 Å². The van der Waals surface area contributed by atoms with E-state index in [4.69, 9.17) is 0 Å². The van der Waals surface area contributed by atoms with Crippen molar-refractivity contribution in [3.63, 3.8) is 0 Å². The smallest absolute Gasteiger partial charge is 0.0767 e. The summed E-state index contributed by atoms with van der Waals surface area (Å²) in [5.74, 6) is 0.950. The van der Waals surface area contributed by atoms with Gasteiger partial charge < -0.3 is 0 Å². The summed E-state index contributed by atoms with van der Waals surface area (Å²) in [7, 11) is 0. The minimum Gasteiger partial charge on any atom is -0.268 e. The van der Waals surface area contributed by atoms with E-state index < -0.39 is 0 Å². The predicted octanol–water partition coefficient (Wildman–Crippen LogP) is 5.14. The molecular weight excluding hydrogens is 332 g/mol. The highest BCUT2D eigenvalue weighted by molar-refractivity contribution is 9.10. The van der Waals surface area contributed by atoms with Crippen LogP contribution >= 0.6 is 27.7 Å². The van der Waals surface area contributed by atoms with Gasteiger partial charge in [-0.15, -0.1) is 11.8 Å². The Hall–Kier alpha value is -0.740. The van der Waals surface area contributed by atoms with Gasteiger partial charge in [-0.25, -0.2) is 0 Å². The quantitative estimate of drug-likeness (QED) is 0.693. The minimum absolute atomic E-state index is 0.918. The third-order valence-corrected chi connectivity index (χ3v) is 5.49. The van der Waals surface area contributed by atoms with Gasteiger partial charge in [0.25, 0.3) is 0 Å². The average molecular weight is 353 g/mol. The van der Waals surface area contributed by atoms with Gasteiger partial charge in [-0.3, -0.25) is 4.68 Å². The summed E-state index contributed by atoms with van der Waals surface area (Å²) in [5, 5.41) is 4.65. The van der Waals surface area contributed by atoms with Crippen LogP contribution in [0, 0.1) is 13.8 Å². The highest BCUT2D eigenvalue weighted by Crippen LogP contribution is 2.31. The first-order chi connectivity index (χ1) is 9.56. The molecule has 108 valence electrons. The van der Waals surface area contributed by atoms with Gasteiger partial charge in [0, 0.05) is 17.2 Å². The summed E-state index contributed by atoms with van der Waals surface area (Å²) in [5.41, 5.74) is 5.11. The van der Waals surface area contributed by atoms with E-state index in [1.165, 1.54) is 26.2 Å². The summed E-state index contributed by atoms with van der Waals surface area (Å²) in [6.07, 6.45) is 0.967. The standard InChI is InChI=1S/C16H21BrN2S/c1-5-13-16(17)14(19(6-2)18-13)10-20-15-8-7-11(3)9-12(15)4/h7-9H,5-6,10H2,1-4H3. The highest BCUT2D eigenvalue weighted by Gasteiger charge is 2.14. The Morgan fingerprint density at radius 3 is 2.60 bits per heavy atom. The fourth-order valence-electron chi connectivity index (χ4n) is 2.26. The van der Waals surface area contributed by atoms with Crippen molar-refractivity contribution in [3.8, 4) is 0 Å². The molecule has 2 nitrogen and oxygen atoms in total. The summed E-state index contributed by atoms with van der Waals surface area (Å²) in [6.45, 7) is 9.52. The van der Waals surface area contributed by atoms with E-state index in [2.05, 4.69) is 71.6 Å². The molecule has 0 fully saturated rings. The van der Waals surface area contributed by atoms with Crippen molar-refractivity contribution in [2.24, 2.45) is 0 Å². The van der Waals surface area contributed by atoms with E-state index in [9.17, 15) is 0 Å². The Bertz CT molecular complexity index is 605. The molecule has 0 atom stereocenters. The van der Waals surface area contributed by atoms with Crippen LogP contribution in [0.3, 0.4) is 0 Å². The molecule has 0 amide bonds. The van der Waals surface area contributed by atoms with E-state index in [1.807, 2.05) is 11.8 Å². The van der Waals surface area contributed by atoms with Gasteiger partial charge in [0.1, 0.15) is 0 Å². The Balaban J connectivity index is 2.20. The van der Waals surface area contributed by atoms with Gasteiger partial charge >= 0.3 is 0 Å². The maximum absolute atomic E-state index is 4.65. The van der Waals surface area contributed by atoms with Crippen molar-refractivity contribution in [1.82, 2.24) is 9.78 Å². The lowest BCUT2D eigenvalue weighted by atomic mass is 10.2. The number of hydrogen-bond acceptors (Lipinski definition) is 2. The Kier molecular flexibility index (Phi) is 5.33. The molecule has 0 aliphatic carbocycles. The van der Waals surface area contributed by atoms with Crippen LogP contribution in [0.1, 0.15) is 36.4 Å². The van der Waals surface area contributed by atoms with Gasteiger partial charge in [0.2, 0.25) is 0 Å². The first-order valence-electron chi connectivity index (χ1n) is 7.00. The van der Waals surface area contributed by atoms with Crippen LogP contribution in [0.4, 0.5) is 0 Å². The number of aromatic nitrogens is 2. The van der Waals surface area contributed by atoms with E-state index in [-0.39, 0.29) is 0 Å². The summed E-state index contributed by atoms with van der Waals surface area (Å²) < 4.78 is 3.29. The molecule has 1 heterocycles. The molecule has 2 aromatic rings.